The summed E-state index contributed by atoms with van der Waals surface area (Å²) in [6, 6.07) is 0. The van der Waals surface area contributed by atoms with Crippen molar-refractivity contribution in [1.82, 2.24) is 15.0 Å². The number of aromatic nitrogens is 3. The monoisotopic (exact) mass is 443 g/mol. The third-order valence-electron chi connectivity index (χ3n) is 10.6. The summed E-state index contributed by atoms with van der Waals surface area (Å²) < 4.78 is 18.2. The standard InChI is InChI=1S/C26H38FN3O2/c1-24(32)11-12-26(27)17(13-24)5-6-18-19-7-8-21(25(19,2)10-9-20(18)26)23(31)15-30-14-22(28-29-30)16-3-4-16/h14,16-21,32H,3-13,15H2,1-2H3/t17-,18+,19+,20+,21-,24-,25+,26-/m1/s1. The molecule has 5 aliphatic carbocycles. The quantitative estimate of drug-likeness (QED) is 0.723. The highest BCUT2D eigenvalue weighted by Gasteiger charge is 2.63. The summed E-state index contributed by atoms with van der Waals surface area (Å²) in [6.07, 6.45) is 11.8. The topological polar surface area (TPSA) is 68.0 Å². The summed E-state index contributed by atoms with van der Waals surface area (Å²) >= 11 is 0. The van der Waals surface area contributed by atoms with E-state index in [1.54, 1.807) is 4.68 Å². The molecule has 5 nitrogen and oxygen atoms in total. The van der Waals surface area contributed by atoms with Gasteiger partial charge in [-0.3, -0.25) is 4.79 Å². The van der Waals surface area contributed by atoms with Gasteiger partial charge in [-0.05, 0) is 107 Å². The first kappa shape index (κ1) is 21.2. The van der Waals surface area contributed by atoms with Crippen LogP contribution >= 0.6 is 0 Å². The van der Waals surface area contributed by atoms with Gasteiger partial charge in [0.15, 0.2) is 5.78 Å². The highest BCUT2D eigenvalue weighted by molar-refractivity contribution is 5.82. The largest absolute Gasteiger partial charge is 0.390 e. The first-order valence-electron chi connectivity index (χ1n) is 13.0. The summed E-state index contributed by atoms with van der Waals surface area (Å²) in [6.45, 7) is 4.53. The Balaban J connectivity index is 1.18. The van der Waals surface area contributed by atoms with Gasteiger partial charge in [-0.2, -0.15) is 0 Å². The number of aliphatic hydroxyl groups is 1. The van der Waals surface area contributed by atoms with E-state index in [1.807, 2.05) is 13.1 Å². The molecule has 176 valence electrons. The zero-order valence-electron chi connectivity index (χ0n) is 19.6. The fourth-order valence-electron chi connectivity index (χ4n) is 8.73. The van der Waals surface area contributed by atoms with Crippen molar-refractivity contribution in [3.63, 3.8) is 0 Å². The number of Topliss-reactive ketones (excluding diaryl/α,β-unsaturated/α-hetero) is 1. The normalized spacial score (nSPS) is 48.1. The van der Waals surface area contributed by atoms with Gasteiger partial charge >= 0.3 is 0 Å². The van der Waals surface area contributed by atoms with Gasteiger partial charge in [0.25, 0.3) is 0 Å². The van der Waals surface area contributed by atoms with E-state index in [9.17, 15) is 9.90 Å². The van der Waals surface area contributed by atoms with Crippen LogP contribution in [0.3, 0.4) is 0 Å². The number of hydrogen-bond acceptors (Lipinski definition) is 4. The minimum absolute atomic E-state index is 0.00340. The molecule has 1 aromatic rings. The summed E-state index contributed by atoms with van der Waals surface area (Å²) in [7, 11) is 0. The third kappa shape index (κ3) is 3.22. The molecule has 0 saturated heterocycles. The van der Waals surface area contributed by atoms with Crippen molar-refractivity contribution in [2.24, 2.45) is 35.0 Å². The minimum Gasteiger partial charge on any atom is -0.390 e. The maximum Gasteiger partial charge on any atom is 0.157 e. The Kier molecular flexibility index (Phi) is 4.71. The molecule has 8 atom stereocenters. The van der Waals surface area contributed by atoms with E-state index in [2.05, 4.69) is 17.2 Å². The molecule has 0 radical (unpaired) electrons. The van der Waals surface area contributed by atoms with Crippen molar-refractivity contribution in [2.45, 2.75) is 108 Å². The van der Waals surface area contributed by atoms with E-state index in [0.717, 1.165) is 44.2 Å². The average Bonchev–Trinajstić information content (AvgIpc) is 3.38. The van der Waals surface area contributed by atoms with Crippen molar-refractivity contribution in [3.05, 3.63) is 11.9 Å². The second kappa shape index (κ2) is 7.10. The first-order valence-corrected chi connectivity index (χ1v) is 13.0. The molecule has 1 aromatic heterocycles. The van der Waals surface area contributed by atoms with Crippen LogP contribution in [0.15, 0.2) is 6.20 Å². The molecular formula is C26H38FN3O2. The van der Waals surface area contributed by atoms with E-state index in [1.165, 1.54) is 12.8 Å². The van der Waals surface area contributed by atoms with E-state index < -0.39 is 11.3 Å². The Morgan fingerprint density at radius 1 is 1.09 bits per heavy atom. The van der Waals surface area contributed by atoms with Crippen LogP contribution in [0.5, 0.6) is 0 Å². The molecule has 5 fully saturated rings. The molecule has 0 aliphatic heterocycles. The van der Waals surface area contributed by atoms with E-state index in [4.69, 9.17) is 0 Å². The van der Waals surface area contributed by atoms with Gasteiger partial charge in [0.2, 0.25) is 0 Å². The molecule has 1 heterocycles. The highest BCUT2D eigenvalue weighted by atomic mass is 19.1. The second-order valence-corrected chi connectivity index (χ2v) is 12.5. The van der Waals surface area contributed by atoms with Gasteiger partial charge in [-0.25, -0.2) is 9.07 Å². The summed E-state index contributed by atoms with van der Waals surface area (Å²) in [5.41, 5.74) is -0.803. The van der Waals surface area contributed by atoms with E-state index in [0.29, 0.717) is 43.6 Å². The molecule has 32 heavy (non-hydrogen) atoms. The number of ketones is 1. The van der Waals surface area contributed by atoms with Crippen molar-refractivity contribution >= 4 is 5.78 Å². The Morgan fingerprint density at radius 2 is 1.91 bits per heavy atom. The predicted octanol–water partition coefficient (Wildman–Crippen LogP) is 4.84. The van der Waals surface area contributed by atoms with Crippen molar-refractivity contribution in [1.29, 1.82) is 0 Å². The molecule has 6 heteroatoms. The van der Waals surface area contributed by atoms with Crippen molar-refractivity contribution in [2.75, 3.05) is 0 Å². The zero-order valence-corrected chi connectivity index (χ0v) is 19.6. The smallest absolute Gasteiger partial charge is 0.157 e. The molecule has 0 bridgehead atoms. The highest BCUT2D eigenvalue weighted by Crippen LogP contribution is 2.66. The van der Waals surface area contributed by atoms with Crippen LogP contribution < -0.4 is 0 Å². The average molecular weight is 444 g/mol. The summed E-state index contributed by atoms with van der Waals surface area (Å²) in [4.78, 5) is 13.4. The van der Waals surface area contributed by atoms with Gasteiger partial charge in [0, 0.05) is 18.0 Å². The lowest BCUT2D eigenvalue weighted by Crippen LogP contribution is -2.58. The maximum absolute atomic E-state index is 16.5. The third-order valence-corrected chi connectivity index (χ3v) is 10.6. The number of halogens is 1. The number of alkyl halides is 1. The molecule has 5 aliphatic rings. The van der Waals surface area contributed by atoms with Crippen LogP contribution in [0.2, 0.25) is 0 Å². The number of hydrogen-bond donors (Lipinski definition) is 1. The van der Waals surface area contributed by atoms with Crippen LogP contribution in [-0.4, -0.2) is 37.2 Å². The fourth-order valence-corrected chi connectivity index (χ4v) is 8.73. The lowest BCUT2D eigenvalue weighted by Gasteiger charge is -2.59. The molecule has 6 rings (SSSR count). The Bertz CT molecular complexity index is 911. The Morgan fingerprint density at radius 3 is 2.69 bits per heavy atom. The SMILES string of the molecule is C[C@@]1(O)CC[C@@]2(F)[C@H](CC[C@H]3[C@@H]4CC[C@H](C(=O)Cn5cc(C6CC6)nn5)[C@@]4(C)CC[C@@H]32)C1. The van der Waals surface area contributed by atoms with Crippen LogP contribution in [0, 0.1) is 35.0 Å². The number of fused-ring (bicyclic) bond motifs is 5. The lowest BCUT2D eigenvalue weighted by atomic mass is 9.48. The Labute approximate surface area is 190 Å². The number of carbonyl (C=O) groups excluding carboxylic acids is 1. The number of carbonyl (C=O) groups is 1. The van der Waals surface area contributed by atoms with Crippen LogP contribution in [0.1, 0.15) is 96.1 Å². The van der Waals surface area contributed by atoms with Crippen LogP contribution in [-0.2, 0) is 11.3 Å². The first-order chi connectivity index (χ1) is 15.2. The number of nitrogens with zero attached hydrogens (tertiary/aromatic N) is 3. The van der Waals surface area contributed by atoms with Gasteiger partial charge in [-0.1, -0.05) is 12.1 Å². The van der Waals surface area contributed by atoms with E-state index >= 15 is 4.39 Å². The number of rotatable bonds is 4. The van der Waals surface area contributed by atoms with Crippen molar-refractivity contribution in [3.8, 4) is 0 Å². The molecular weight excluding hydrogens is 405 g/mol. The minimum atomic E-state index is -1.12. The summed E-state index contributed by atoms with van der Waals surface area (Å²) in [5.74, 6) is 1.85. The molecule has 1 N–H and O–H groups in total. The van der Waals surface area contributed by atoms with E-state index in [-0.39, 0.29) is 29.0 Å². The maximum atomic E-state index is 16.5. The van der Waals surface area contributed by atoms with Crippen LogP contribution in [0.4, 0.5) is 4.39 Å². The molecule has 0 aromatic carbocycles. The summed E-state index contributed by atoms with van der Waals surface area (Å²) in [5, 5.41) is 19.0. The fraction of sp³-hybridized carbons (Fsp3) is 0.885. The zero-order chi connectivity index (χ0) is 22.3. The van der Waals surface area contributed by atoms with Gasteiger partial charge < -0.3 is 5.11 Å². The molecule has 0 amide bonds. The molecule has 5 saturated carbocycles. The lowest BCUT2D eigenvalue weighted by molar-refractivity contribution is -0.166. The second-order valence-electron chi connectivity index (χ2n) is 12.5. The molecule has 0 unspecified atom stereocenters. The Hall–Kier alpha value is -1.30. The van der Waals surface area contributed by atoms with Gasteiger partial charge in [0.05, 0.1) is 11.3 Å². The van der Waals surface area contributed by atoms with Gasteiger partial charge in [0.1, 0.15) is 12.2 Å². The predicted molar refractivity (Wildman–Crippen MR) is 119 cm³/mol. The van der Waals surface area contributed by atoms with Crippen LogP contribution in [0.25, 0.3) is 0 Å². The van der Waals surface area contributed by atoms with Gasteiger partial charge in [-0.15, -0.1) is 5.10 Å². The van der Waals surface area contributed by atoms with Crippen molar-refractivity contribution < 1.29 is 14.3 Å². The molecule has 0 spiro atoms.